The zero-order valence-electron chi connectivity index (χ0n) is 43.0. The van der Waals surface area contributed by atoms with Gasteiger partial charge in [0.1, 0.15) is 0 Å². The minimum Gasteiger partial charge on any atom is -0.310 e. The van der Waals surface area contributed by atoms with Crippen LogP contribution in [0.15, 0.2) is 176 Å². The van der Waals surface area contributed by atoms with E-state index in [1.165, 1.54) is 156 Å². The number of aromatic nitrogens is 2. The van der Waals surface area contributed by atoms with Gasteiger partial charge in [0.15, 0.2) is 8.07 Å². The van der Waals surface area contributed by atoms with Gasteiger partial charge in [-0.3, -0.25) is 0 Å². The summed E-state index contributed by atoms with van der Waals surface area (Å²) < 4.78 is 5.64. The molecule has 9 aromatic carbocycles. The van der Waals surface area contributed by atoms with Gasteiger partial charge < -0.3 is 9.13 Å². The quantitative estimate of drug-likeness (QED) is 0.156. The molecular formula is C70H59BN2Si. The zero-order valence-corrected chi connectivity index (χ0v) is 44.0. The van der Waals surface area contributed by atoms with Crippen LogP contribution in [0.25, 0.3) is 88.4 Å². The number of fused-ring (bicyclic) bond motifs is 13. The molecule has 0 bridgehead atoms. The summed E-state index contributed by atoms with van der Waals surface area (Å²) >= 11 is 0. The Labute approximate surface area is 435 Å². The van der Waals surface area contributed by atoms with Crippen molar-refractivity contribution in [3.05, 3.63) is 187 Å². The summed E-state index contributed by atoms with van der Waals surface area (Å²) in [5.74, 6) is 1.09. The summed E-state index contributed by atoms with van der Waals surface area (Å²) in [6, 6.07) is 70.2. The van der Waals surface area contributed by atoms with Crippen molar-refractivity contribution in [1.29, 1.82) is 0 Å². The predicted octanol–water partition coefficient (Wildman–Crippen LogP) is 13.4. The molecule has 0 atom stereocenters. The molecule has 0 radical (unpaired) electrons. The number of nitrogens with zero attached hydrogens (tertiary/aromatic N) is 2. The zero-order chi connectivity index (χ0) is 49.0. The Balaban J connectivity index is 1.09. The van der Waals surface area contributed by atoms with Crippen molar-refractivity contribution in [1.82, 2.24) is 9.13 Å². The maximum Gasteiger partial charge on any atom is 0.252 e. The molecule has 356 valence electrons. The van der Waals surface area contributed by atoms with Crippen molar-refractivity contribution in [3.8, 4) is 44.9 Å². The van der Waals surface area contributed by atoms with E-state index >= 15 is 0 Å². The van der Waals surface area contributed by atoms with Gasteiger partial charge in [0.25, 0.3) is 6.71 Å². The monoisotopic (exact) mass is 966 g/mol. The van der Waals surface area contributed by atoms with E-state index in [2.05, 4.69) is 213 Å². The standard InChI is InChI=1S/C70H59BN2Si/c1-69(2)33-29-42(30-34-69)47-37-52-53-38-48(43-31-35-70(3,4)36-32-43)41-60-66(53)73-65(52)54(40-47)71-55-39-46-21-11-12-22-49(46)62-61(44-17-7-5-8-18-44)64(45-19-9-6-10-20-45)72(67(55)62)56-27-28-59(68(73)63(56)71)74(60)57-25-15-13-23-50(57)51-24-14-16-26-58(51)74/h5-28,37-43H,29-36H2,1-4H3. The highest BCUT2D eigenvalue weighted by Crippen LogP contribution is 2.51. The van der Waals surface area contributed by atoms with Gasteiger partial charge in [-0.1, -0.05) is 185 Å². The topological polar surface area (TPSA) is 9.86 Å². The second-order valence-corrected chi connectivity index (χ2v) is 28.7. The smallest absolute Gasteiger partial charge is 0.252 e. The van der Waals surface area contributed by atoms with Gasteiger partial charge in [0.2, 0.25) is 0 Å². The lowest BCUT2D eigenvalue weighted by Gasteiger charge is -2.43. The first-order valence-corrected chi connectivity index (χ1v) is 29.9. The van der Waals surface area contributed by atoms with Crippen LogP contribution in [0.5, 0.6) is 0 Å². The summed E-state index contributed by atoms with van der Waals surface area (Å²) in [4.78, 5) is 0. The molecule has 2 aromatic heterocycles. The average molecular weight is 967 g/mol. The molecule has 2 saturated carbocycles. The minimum absolute atomic E-state index is 0.0422. The summed E-state index contributed by atoms with van der Waals surface area (Å²) in [5, 5.41) is 13.3. The van der Waals surface area contributed by atoms with Crippen LogP contribution in [0.3, 0.4) is 0 Å². The molecule has 0 unspecified atom stereocenters. The Morgan fingerprint density at radius 2 is 1.01 bits per heavy atom. The van der Waals surface area contributed by atoms with Crippen LogP contribution in [-0.4, -0.2) is 23.9 Å². The predicted molar refractivity (Wildman–Crippen MR) is 317 cm³/mol. The van der Waals surface area contributed by atoms with E-state index in [4.69, 9.17) is 0 Å². The molecule has 2 nitrogen and oxygen atoms in total. The van der Waals surface area contributed by atoms with Crippen molar-refractivity contribution in [2.45, 2.75) is 90.9 Å². The lowest BCUT2D eigenvalue weighted by Crippen LogP contribution is -2.77. The largest absolute Gasteiger partial charge is 0.310 e. The van der Waals surface area contributed by atoms with E-state index in [9.17, 15) is 0 Å². The second kappa shape index (κ2) is 14.6. The lowest BCUT2D eigenvalue weighted by molar-refractivity contribution is 0.224. The summed E-state index contributed by atoms with van der Waals surface area (Å²) in [6.45, 7) is 10.0. The molecule has 2 fully saturated rings. The van der Waals surface area contributed by atoms with Gasteiger partial charge in [-0.2, -0.15) is 0 Å². The van der Waals surface area contributed by atoms with Gasteiger partial charge in [0.05, 0.1) is 16.7 Å². The number of hydrogen-bond acceptors (Lipinski definition) is 0. The molecule has 6 heterocycles. The molecule has 4 heteroatoms. The van der Waals surface area contributed by atoms with Gasteiger partial charge in [-0.05, 0) is 174 Å². The Bertz CT molecular complexity index is 4220. The fraction of sp³-hybridized carbons (Fsp3) is 0.229. The van der Waals surface area contributed by atoms with Gasteiger partial charge in [-0.15, -0.1) is 0 Å². The Morgan fingerprint density at radius 1 is 0.459 bits per heavy atom. The van der Waals surface area contributed by atoms with Gasteiger partial charge in [-0.25, -0.2) is 0 Å². The molecule has 74 heavy (non-hydrogen) atoms. The summed E-state index contributed by atoms with van der Waals surface area (Å²) in [5.41, 5.74) is 23.4. The van der Waals surface area contributed by atoms with E-state index in [1.807, 2.05) is 0 Å². The molecule has 1 spiro atoms. The first-order valence-electron chi connectivity index (χ1n) is 27.9. The Kier molecular flexibility index (Phi) is 8.32. The molecular weight excluding hydrogens is 908 g/mol. The molecule has 0 saturated heterocycles. The average Bonchev–Trinajstić information content (AvgIpc) is 4.08. The molecule has 0 amide bonds. The Morgan fingerprint density at radius 3 is 1.68 bits per heavy atom. The molecule has 17 rings (SSSR count). The summed E-state index contributed by atoms with van der Waals surface area (Å²) in [7, 11) is -2.98. The highest BCUT2D eigenvalue weighted by molar-refractivity contribution is 7.24. The van der Waals surface area contributed by atoms with E-state index < -0.39 is 8.07 Å². The van der Waals surface area contributed by atoms with Gasteiger partial charge >= 0.3 is 0 Å². The molecule has 0 N–H and O–H groups in total. The van der Waals surface area contributed by atoms with Crippen molar-refractivity contribution in [2.75, 3.05) is 0 Å². The first kappa shape index (κ1) is 42.2. The third kappa shape index (κ3) is 5.33. The third-order valence-corrected chi connectivity index (χ3v) is 25.0. The van der Waals surface area contributed by atoms with E-state index in [-0.39, 0.29) is 6.71 Å². The SMILES string of the molecule is CC1(C)CCC(c2cc3c4c(c2)c2cc(C5CCC(C)(C)CC5)cc5c2n4-c2c(ccc4c2B3c2cc3ccccc3c3c(-c6ccccc6)c(-c6ccccc6)n-4c23)[Si]52c3ccccc3-c3ccccc32)CC1. The maximum atomic E-state index is 2.89. The van der Waals surface area contributed by atoms with Crippen molar-refractivity contribution in [3.63, 3.8) is 0 Å². The van der Waals surface area contributed by atoms with Crippen LogP contribution in [0.2, 0.25) is 0 Å². The number of hydrogen-bond donors (Lipinski definition) is 0. The fourth-order valence-corrected chi connectivity index (χ4v) is 22.1. The first-order chi connectivity index (χ1) is 36.2. The number of benzene rings is 9. The fourth-order valence-electron chi connectivity index (χ4n) is 16.5. The van der Waals surface area contributed by atoms with Gasteiger partial charge in [0, 0.05) is 38.6 Å². The lowest BCUT2D eigenvalue weighted by atomic mass is 9.34. The van der Waals surface area contributed by atoms with Crippen LogP contribution in [0, 0.1) is 10.8 Å². The molecule has 4 aliphatic heterocycles. The summed E-state index contributed by atoms with van der Waals surface area (Å²) in [6.07, 6.45) is 10.1. The van der Waals surface area contributed by atoms with E-state index in [1.54, 1.807) is 31.9 Å². The highest BCUT2D eigenvalue weighted by atomic mass is 28.3. The van der Waals surface area contributed by atoms with Crippen molar-refractivity contribution in [2.24, 2.45) is 10.8 Å². The minimum atomic E-state index is -2.98. The maximum absolute atomic E-state index is 2.98. The van der Waals surface area contributed by atoms with Crippen molar-refractivity contribution >= 4 is 95.4 Å². The van der Waals surface area contributed by atoms with Crippen molar-refractivity contribution < 1.29 is 0 Å². The van der Waals surface area contributed by atoms with Crippen LogP contribution >= 0.6 is 0 Å². The third-order valence-electron chi connectivity index (χ3n) is 20.1. The second-order valence-electron chi connectivity index (χ2n) is 25.1. The number of rotatable bonds is 4. The highest BCUT2D eigenvalue weighted by Gasteiger charge is 2.56. The normalized spacial score (nSPS) is 18.3. The van der Waals surface area contributed by atoms with E-state index in [0.29, 0.717) is 22.7 Å². The Hall–Kier alpha value is -7.14. The van der Waals surface area contributed by atoms with Crippen LogP contribution in [0.1, 0.15) is 102 Å². The molecule has 11 aromatic rings. The van der Waals surface area contributed by atoms with E-state index in [0.717, 1.165) is 0 Å². The van der Waals surface area contributed by atoms with Crippen LogP contribution in [0.4, 0.5) is 0 Å². The van der Waals surface area contributed by atoms with Crippen LogP contribution in [-0.2, 0) is 0 Å². The molecule has 2 aliphatic carbocycles. The molecule has 6 aliphatic rings. The van der Waals surface area contributed by atoms with Crippen LogP contribution < -0.4 is 37.1 Å².